The minimum absolute atomic E-state index is 0.212. The standard InChI is InChI=1S/C22H20FNO/c1-2-17-7-11-20(12-8-17)24-15-18-9-13-21(14-10-18)25-16-19-5-3-4-6-22(19)23/h3-15H,2,16H2,1H3. The fourth-order valence-corrected chi connectivity index (χ4v) is 2.39. The highest BCUT2D eigenvalue weighted by atomic mass is 19.1. The van der Waals surface area contributed by atoms with Crippen molar-refractivity contribution in [2.45, 2.75) is 20.0 Å². The summed E-state index contributed by atoms with van der Waals surface area (Å²) in [5, 5.41) is 0. The van der Waals surface area contributed by atoms with Crippen molar-refractivity contribution in [2.75, 3.05) is 0 Å². The Morgan fingerprint density at radius 1 is 0.920 bits per heavy atom. The van der Waals surface area contributed by atoms with Gasteiger partial charge in [0, 0.05) is 11.8 Å². The van der Waals surface area contributed by atoms with Gasteiger partial charge in [0.05, 0.1) is 5.69 Å². The normalized spacial score (nSPS) is 11.0. The zero-order valence-electron chi connectivity index (χ0n) is 14.2. The van der Waals surface area contributed by atoms with E-state index >= 15 is 0 Å². The van der Waals surface area contributed by atoms with Crippen molar-refractivity contribution in [3.63, 3.8) is 0 Å². The van der Waals surface area contributed by atoms with Gasteiger partial charge in [-0.05, 0) is 60.0 Å². The molecule has 3 rings (SSSR count). The van der Waals surface area contributed by atoms with E-state index in [1.807, 2.05) is 42.6 Å². The van der Waals surface area contributed by atoms with Crippen LogP contribution in [0.15, 0.2) is 77.8 Å². The highest BCUT2D eigenvalue weighted by Crippen LogP contribution is 2.17. The molecule has 0 unspecified atom stereocenters. The number of hydrogen-bond acceptors (Lipinski definition) is 2. The van der Waals surface area contributed by atoms with Gasteiger partial charge in [-0.1, -0.05) is 37.3 Å². The zero-order chi connectivity index (χ0) is 17.5. The Kier molecular flexibility index (Phi) is 5.57. The first-order valence-corrected chi connectivity index (χ1v) is 8.34. The number of ether oxygens (including phenoxy) is 1. The van der Waals surface area contributed by atoms with Crippen LogP contribution in [-0.2, 0) is 13.0 Å². The van der Waals surface area contributed by atoms with E-state index in [1.54, 1.807) is 18.2 Å². The Bertz CT molecular complexity index is 839. The van der Waals surface area contributed by atoms with Gasteiger partial charge in [0.2, 0.25) is 0 Å². The summed E-state index contributed by atoms with van der Waals surface area (Å²) in [5.41, 5.74) is 3.76. The van der Waals surface area contributed by atoms with Crippen LogP contribution >= 0.6 is 0 Å². The van der Waals surface area contributed by atoms with Gasteiger partial charge in [0.25, 0.3) is 0 Å². The fraction of sp³-hybridized carbons (Fsp3) is 0.136. The second-order valence-electron chi connectivity index (χ2n) is 5.73. The van der Waals surface area contributed by atoms with Crippen molar-refractivity contribution in [1.82, 2.24) is 0 Å². The molecule has 0 N–H and O–H groups in total. The number of halogens is 1. The average Bonchev–Trinajstić information content (AvgIpc) is 2.67. The van der Waals surface area contributed by atoms with Gasteiger partial charge in [-0.15, -0.1) is 0 Å². The van der Waals surface area contributed by atoms with Gasteiger partial charge in [-0.2, -0.15) is 0 Å². The zero-order valence-corrected chi connectivity index (χ0v) is 14.2. The summed E-state index contributed by atoms with van der Waals surface area (Å²) in [6.07, 6.45) is 2.85. The molecule has 0 amide bonds. The SMILES string of the molecule is CCc1ccc(N=Cc2ccc(OCc3ccccc3F)cc2)cc1. The summed E-state index contributed by atoms with van der Waals surface area (Å²) in [6, 6.07) is 22.4. The van der Waals surface area contributed by atoms with Gasteiger partial charge in [-0.25, -0.2) is 4.39 Å². The maximum atomic E-state index is 13.6. The van der Waals surface area contributed by atoms with Crippen LogP contribution in [-0.4, -0.2) is 6.21 Å². The molecule has 126 valence electrons. The molecule has 0 bridgehead atoms. The van der Waals surface area contributed by atoms with Crippen molar-refractivity contribution >= 4 is 11.9 Å². The predicted octanol–water partition coefficient (Wildman–Crippen LogP) is 5.72. The van der Waals surface area contributed by atoms with Crippen LogP contribution in [0.2, 0.25) is 0 Å². The molecular formula is C22H20FNO. The monoisotopic (exact) mass is 333 g/mol. The number of benzene rings is 3. The maximum Gasteiger partial charge on any atom is 0.129 e. The molecule has 0 aliphatic rings. The molecular weight excluding hydrogens is 313 g/mol. The van der Waals surface area contributed by atoms with E-state index < -0.39 is 0 Å². The van der Waals surface area contributed by atoms with Gasteiger partial charge in [0.15, 0.2) is 0 Å². The average molecular weight is 333 g/mol. The first-order valence-electron chi connectivity index (χ1n) is 8.34. The minimum atomic E-state index is -0.250. The topological polar surface area (TPSA) is 21.6 Å². The largest absolute Gasteiger partial charge is 0.489 e. The van der Waals surface area contributed by atoms with E-state index in [9.17, 15) is 4.39 Å². The van der Waals surface area contributed by atoms with Gasteiger partial charge < -0.3 is 4.74 Å². The lowest BCUT2D eigenvalue weighted by Gasteiger charge is -2.07. The Balaban J connectivity index is 1.59. The quantitative estimate of drug-likeness (QED) is 0.529. The summed E-state index contributed by atoms with van der Waals surface area (Å²) in [5.74, 6) is 0.452. The second-order valence-corrected chi connectivity index (χ2v) is 5.73. The Hall–Kier alpha value is -2.94. The molecule has 3 heteroatoms. The number of nitrogens with zero attached hydrogens (tertiary/aromatic N) is 1. The molecule has 3 aromatic carbocycles. The van der Waals surface area contributed by atoms with Crippen LogP contribution in [0.4, 0.5) is 10.1 Å². The third-order valence-corrected chi connectivity index (χ3v) is 3.94. The van der Waals surface area contributed by atoms with Gasteiger partial charge >= 0.3 is 0 Å². The van der Waals surface area contributed by atoms with Crippen LogP contribution in [0, 0.1) is 5.82 Å². The predicted molar refractivity (Wildman–Crippen MR) is 100 cm³/mol. The Morgan fingerprint density at radius 3 is 2.32 bits per heavy atom. The van der Waals surface area contributed by atoms with Crippen LogP contribution in [0.3, 0.4) is 0 Å². The highest BCUT2D eigenvalue weighted by Gasteiger charge is 2.01. The maximum absolute atomic E-state index is 13.6. The van der Waals surface area contributed by atoms with Crippen LogP contribution < -0.4 is 4.74 Å². The van der Waals surface area contributed by atoms with Crippen molar-refractivity contribution < 1.29 is 9.13 Å². The molecule has 0 aliphatic heterocycles. The van der Waals surface area contributed by atoms with Crippen molar-refractivity contribution in [2.24, 2.45) is 4.99 Å². The number of aryl methyl sites for hydroxylation is 1. The molecule has 2 nitrogen and oxygen atoms in total. The Morgan fingerprint density at radius 2 is 1.64 bits per heavy atom. The van der Waals surface area contributed by atoms with Gasteiger partial charge in [0.1, 0.15) is 18.2 Å². The van der Waals surface area contributed by atoms with E-state index in [-0.39, 0.29) is 12.4 Å². The molecule has 0 atom stereocenters. The molecule has 0 aliphatic carbocycles. The van der Waals surface area contributed by atoms with Crippen LogP contribution in [0.25, 0.3) is 0 Å². The summed E-state index contributed by atoms with van der Waals surface area (Å²) >= 11 is 0. The highest BCUT2D eigenvalue weighted by molar-refractivity contribution is 5.82. The lowest BCUT2D eigenvalue weighted by Crippen LogP contribution is -1.98. The van der Waals surface area contributed by atoms with E-state index in [2.05, 4.69) is 24.0 Å². The summed E-state index contributed by atoms with van der Waals surface area (Å²) in [4.78, 5) is 4.47. The lowest BCUT2D eigenvalue weighted by molar-refractivity contribution is 0.300. The van der Waals surface area contributed by atoms with E-state index in [0.717, 1.165) is 17.7 Å². The molecule has 0 saturated carbocycles. The molecule has 0 saturated heterocycles. The summed E-state index contributed by atoms with van der Waals surface area (Å²) in [6.45, 7) is 2.35. The van der Waals surface area contributed by atoms with Crippen molar-refractivity contribution in [3.05, 3.63) is 95.3 Å². The molecule has 3 aromatic rings. The van der Waals surface area contributed by atoms with Crippen molar-refractivity contribution in [3.8, 4) is 5.75 Å². The summed E-state index contributed by atoms with van der Waals surface area (Å²) < 4.78 is 19.2. The number of aliphatic imine (C=N–C) groups is 1. The molecule has 0 spiro atoms. The minimum Gasteiger partial charge on any atom is -0.489 e. The first-order chi connectivity index (χ1) is 12.2. The number of hydrogen-bond donors (Lipinski definition) is 0. The fourth-order valence-electron chi connectivity index (χ4n) is 2.39. The second kappa shape index (κ2) is 8.25. The van der Waals surface area contributed by atoms with E-state index in [1.165, 1.54) is 11.6 Å². The molecule has 0 fully saturated rings. The van der Waals surface area contributed by atoms with Crippen LogP contribution in [0.5, 0.6) is 5.75 Å². The summed E-state index contributed by atoms with van der Waals surface area (Å²) in [7, 11) is 0. The lowest BCUT2D eigenvalue weighted by atomic mass is 10.1. The third-order valence-electron chi connectivity index (χ3n) is 3.94. The van der Waals surface area contributed by atoms with Crippen molar-refractivity contribution in [1.29, 1.82) is 0 Å². The smallest absolute Gasteiger partial charge is 0.129 e. The van der Waals surface area contributed by atoms with E-state index in [0.29, 0.717) is 11.3 Å². The molecule has 0 heterocycles. The third kappa shape index (κ3) is 4.77. The molecule has 0 radical (unpaired) electrons. The van der Waals surface area contributed by atoms with E-state index in [4.69, 9.17) is 4.74 Å². The molecule has 0 aromatic heterocycles. The first kappa shape index (κ1) is 16.9. The van der Waals surface area contributed by atoms with Crippen LogP contribution in [0.1, 0.15) is 23.6 Å². The Labute approximate surface area is 147 Å². The number of rotatable bonds is 6. The van der Waals surface area contributed by atoms with Gasteiger partial charge in [-0.3, -0.25) is 4.99 Å². The molecule has 25 heavy (non-hydrogen) atoms.